The smallest absolute Gasteiger partial charge is 0.482 e. The summed E-state index contributed by atoms with van der Waals surface area (Å²) >= 11 is 0. The van der Waals surface area contributed by atoms with E-state index in [0.717, 1.165) is 12.8 Å². The standard InChI is InChI=1S/C26H34BN3O6/c1-25(2)17-13-19(25)26(3)20(14-17)35-27(36-26)21(29-22(31)8-10-30-11-9-28-15-30)12-16-6-5-7-18(24(32)33)23(16)34-4/h5-7,9,11,15,17,19-21H,8,10,12-14H2,1-4H3,(H,29,31)(H,32,33). The van der Waals surface area contributed by atoms with Gasteiger partial charge in [-0.2, -0.15) is 0 Å². The molecular formula is C26H34BN3O6. The number of amides is 1. The van der Waals surface area contributed by atoms with Crippen molar-refractivity contribution in [2.75, 3.05) is 7.11 Å². The molecule has 2 N–H and O–H groups in total. The van der Waals surface area contributed by atoms with Crippen molar-refractivity contribution in [3.05, 3.63) is 48.0 Å². The van der Waals surface area contributed by atoms with E-state index in [2.05, 4.69) is 31.1 Å². The summed E-state index contributed by atoms with van der Waals surface area (Å²) in [6.45, 7) is 7.26. The Kier molecular flexibility index (Phi) is 6.37. The zero-order valence-corrected chi connectivity index (χ0v) is 21.3. The summed E-state index contributed by atoms with van der Waals surface area (Å²) in [6, 6.07) is 5.02. The summed E-state index contributed by atoms with van der Waals surface area (Å²) in [7, 11) is 0.808. The first kappa shape index (κ1) is 24.8. The van der Waals surface area contributed by atoms with E-state index in [0.29, 0.717) is 30.4 Å². The molecule has 0 spiro atoms. The zero-order chi connectivity index (χ0) is 25.7. The number of benzene rings is 1. The summed E-state index contributed by atoms with van der Waals surface area (Å²) in [4.78, 5) is 28.8. The number of aromatic carboxylic acids is 1. The van der Waals surface area contributed by atoms with Gasteiger partial charge >= 0.3 is 13.1 Å². The highest BCUT2D eigenvalue weighted by molar-refractivity contribution is 6.48. The normalized spacial score (nSPS) is 28.7. The van der Waals surface area contributed by atoms with Gasteiger partial charge in [-0.25, -0.2) is 9.78 Å². The Morgan fingerprint density at radius 1 is 1.33 bits per heavy atom. The third-order valence-electron chi connectivity index (χ3n) is 8.77. The second kappa shape index (κ2) is 9.23. The minimum absolute atomic E-state index is 0.0307. The van der Waals surface area contributed by atoms with Crippen LogP contribution in [-0.4, -0.2) is 58.4 Å². The lowest BCUT2D eigenvalue weighted by Crippen LogP contribution is -2.65. The van der Waals surface area contributed by atoms with Gasteiger partial charge in [0, 0.05) is 25.4 Å². The Morgan fingerprint density at radius 2 is 2.14 bits per heavy atom. The Morgan fingerprint density at radius 3 is 2.81 bits per heavy atom. The number of carbonyl (C=O) groups is 2. The van der Waals surface area contributed by atoms with Crippen molar-refractivity contribution in [3.63, 3.8) is 0 Å². The molecule has 36 heavy (non-hydrogen) atoms. The number of methoxy groups -OCH3 is 1. The third-order valence-corrected chi connectivity index (χ3v) is 8.77. The number of imidazole rings is 1. The number of carboxylic acid groups (broad SMARTS) is 1. The molecular weight excluding hydrogens is 461 g/mol. The molecule has 1 aromatic carbocycles. The summed E-state index contributed by atoms with van der Waals surface area (Å²) in [5.74, 6) is -0.434. The quantitative estimate of drug-likeness (QED) is 0.515. The maximum absolute atomic E-state index is 13.0. The molecule has 1 aromatic heterocycles. The van der Waals surface area contributed by atoms with Gasteiger partial charge < -0.3 is 29.0 Å². The minimum atomic E-state index is -1.07. The molecule has 3 saturated carbocycles. The minimum Gasteiger partial charge on any atom is -0.496 e. The van der Waals surface area contributed by atoms with Crippen LogP contribution in [0, 0.1) is 17.3 Å². The number of hydrogen-bond donors (Lipinski definition) is 2. The number of carboxylic acids is 1. The summed E-state index contributed by atoms with van der Waals surface area (Å²) in [6.07, 6.45) is 7.79. The molecule has 2 aromatic rings. The first-order valence-electron chi connectivity index (χ1n) is 12.6. The fourth-order valence-electron chi connectivity index (χ4n) is 6.61. The van der Waals surface area contributed by atoms with Crippen LogP contribution in [0.2, 0.25) is 0 Å². The lowest BCUT2D eigenvalue weighted by atomic mass is 9.43. The zero-order valence-electron chi connectivity index (χ0n) is 21.3. The molecule has 1 aliphatic heterocycles. The van der Waals surface area contributed by atoms with Crippen molar-refractivity contribution in [2.24, 2.45) is 17.3 Å². The van der Waals surface area contributed by atoms with Gasteiger partial charge in [0.15, 0.2) is 0 Å². The highest BCUT2D eigenvalue weighted by atomic mass is 16.7. The molecule has 4 aliphatic rings. The van der Waals surface area contributed by atoms with E-state index in [1.54, 1.807) is 18.6 Å². The number of rotatable bonds is 9. The van der Waals surface area contributed by atoms with Crippen molar-refractivity contribution < 1.29 is 28.7 Å². The number of nitrogens with zero attached hydrogens (tertiary/aromatic N) is 2. The van der Waals surface area contributed by atoms with E-state index < -0.39 is 24.6 Å². The van der Waals surface area contributed by atoms with Crippen LogP contribution in [0.1, 0.15) is 56.0 Å². The summed E-state index contributed by atoms with van der Waals surface area (Å²) < 4.78 is 20.5. The van der Waals surface area contributed by atoms with Crippen molar-refractivity contribution in [2.45, 2.75) is 70.6 Å². The maximum Gasteiger partial charge on any atom is 0.482 e. The van der Waals surface area contributed by atoms with Gasteiger partial charge in [0.2, 0.25) is 5.91 Å². The van der Waals surface area contributed by atoms with Crippen LogP contribution >= 0.6 is 0 Å². The molecule has 10 heteroatoms. The third kappa shape index (κ3) is 4.20. The molecule has 5 atom stereocenters. The molecule has 2 heterocycles. The van der Waals surface area contributed by atoms with Crippen LogP contribution in [0.25, 0.3) is 0 Å². The molecule has 5 unspecified atom stereocenters. The van der Waals surface area contributed by atoms with Crippen molar-refractivity contribution in [1.82, 2.24) is 14.9 Å². The van der Waals surface area contributed by atoms with Crippen LogP contribution in [0.5, 0.6) is 5.75 Å². The van der Waals surface area contributed by atoms with Crippen LogP contribution in [0.15, 0.2) is 36.9 Å². The number of hydrogen-bond acceptors (Lipinski definition) is 6. The van der Waals surface area contributed by atoms with Gasteiger partial charge in [0.25, 0.3) is 0 Å². The molecule has 0 radical (unpaired) electrons. The predicted molar refractivity (Wildman–Crippen MR) is 133 cm³/mol. The van der Waals surface area contributed by atoms with Gasteiger partial charge in [-0.3, -0.25) is 4.79 Å². The average Bonchev–Trinajstić information content (AvgIpc) is 3.48. The van der Waals surface area contributed by atoms with Gasteiger partial charge in [-0.05, 0) is 55.1 Å². The Hall–Kier alpha value is -2.85. The molecule has 2 bridgehead atoms. The molecule has 192 valence electrons. The number of aryl methyl sites for hydroxylation is 1. The van der Waals surface area contributed by atoms with E-state index in [4.69, 9.17) is 14.0 Å². The summed E-state index contributed by atoms with van der Waals surface area (Å²) in [5.41, 5.74) is 0.535. The second-order valence-corrected chi connectivity index (χ2v) is 11.1. The molecule has 4 fully saturated rings. The highest BCUT2D eigenvalue weighted by Gasteiger charge is 2.68. The van der Waals surface area contributed by atoms with Crippen LogP contribution in [0.3, 0.4) is 0 Å². The largest absolute Gasteiger partial charge is 0.496 e. The Labute approximate surface area is 211 Å². The summed E-state index contributed by atoms with van der Waals surface area (Å²) in [5, 5.41) is 12.7. The lowest BCUT2D eigenvalue weighted by Gasteiger charge is -2.64. The molecule has 3 aliphatic carbocycles. The van der Waals surface area contributed by atoms with Crippen molar-refractivity contribution >= 4 is 19.0 Å². The van der Waals surface area contributed by atoms with Gasteiger partial charge in [-0.15, -0.1) is 0 Å². The second-order valence-electron chi connectivity index (χ2n) is 11.1. The van der Waals surface area contributed by atoms with Gasteiger partial charge in [0.1, 0.15) is 11.3 Å². The highest BCUT2D eigenvalue weighted by Crippen LogP contribution is 2.65. The topological polar surface area (TPSA) is 112 Å². The van der Waals surface area contributed by atoms with Gasteiger partial charge in [-0.1, -0.05) is 26.0 Å². The van der Waals surface area contributed by atoms with Crippen molar-refractivity contribution in [3.8, 4) is 5.75 Å². The molecule has 1 saturated heterocycles. The number of ether oxygens (including phenoxy) is 1. The Bertz CT molecular complexity index is 1140. The maximum atomic E-state index is 13.0. The predicted octanol–water partition coefficient (Wildman–Crippen LogP) is 2.97. The van der Waals surface area contributed by atoms with E-state index in [1.165, 1.54) is 13.2 Å². The lowest BCUT2D eigenvalue weighted by molar-refractivity contribution is -0.199. The van der Waals surface area contributed by atoms with Crippen LogP contribution < -0.4 is 10.1 Å². The number of carbonyl (C=O) groups excluding carboxylic acids is 1. The number of para-hydroxylation sites is 1. The first-order valence-corrected chi connectivity index (χ1v) is 12.6. The average molecular weight is 495 g/mol. The number of aromatic nitrogens is 2. The molecule has 1 amide bonds. The van der Waals surface area contributed by atoms with E-state index in [-0.39, 0.29) is 35.2 Å². The van der Waals surface area contributed by atoms with Crippen molar-refractivity contribution in [1.29, 1.82) is 0 Å². The fourth-order valence-corrected chi connectivity index (χ4v) is 6.61. The van der Waals surface area contributed by atoms with E-state index in [9.17, 15) is 14.7 Å². The van der Waals surface area contributed by atoms with Crippen LogP contribution in [0.4, 0.5) is 0 Å². The first-order chi connectivity index (χ1) is 17.1. The molecule has 9 nitrogen and oxygen atoms in total. The van der Waals surface area contributed by atoms with Crippen LogP contribution in [-0.2, 0) is 27.1 Å². The van der Waals surface area contributed by atoms with E-state index >= 15 is 0 Å². The number of nitrogens with one attached hydrogen (secondary N) is 1. The molecule has 6 rings (SSSR count). The monoisotopic (exact) mass is 495 g/mol. The van der Waals surface area contributed by atoms with E-state index in [1.807, 2.05) is 16.8 Å². The fraction of sp³-hybridized carbons (Fsp3) is 0.577. The Balaban J connectivity index is 1.39. The SMILES string of the molecule is COc1c(CC(NC(=O)CCn2ccnc2)B2OC3CC4CC(C4(C)C)C3(C)O2)cccc1C(=O)O. The van der Waals surface area contributed by atoms with Gasteiger partial charge in [0.05, 0.1) is 31.1 Å².